The van der Waals surface area contributed by atoms with E-state index in [1.807, 2.05) is 24.5 Å². The molecule has 19 heavy (non-hydrogen) atoms. The SMILES string of the molecule is Cc1ccccc1CCn1cnc2cc(N)ccc21. The maximum atomic E-state index is 5.77. The number of rotatable bonds is 3. The van der Waals surface area contributed by atoms with Crippen molar-refractivity contribution in [3.63, 3.8) is 0 Å². The summed E-state index contributed by atoms with van der Waals surface area (Å²) in [7, 11) is 0. The fraction of sp³-hybridized carbons (Fsp3) is 0.188. The molecule has 0 bridgehead atoms. The Balaban J connectivity index is 1.84. The summed E-state index contributed by atoms with van der Waals surface area (Å²) >= 11 is 0. The molecule has 3 aromatic rings. The maximum Gasteiger partial charge on any atom is 0.0958 e. The number of anilines is 1. The summed E-state index contributed by atoms with van der Waals surface area (Å²) in [5.74, 6) is 0. The molecule has 1 aromatic heterocycles. The lowest BCUT2D eigenvalue weighted by molar-refractivity contribution is 0.713. The normalized spacial score (nSPS) is 11.0. The van der Waals surface area contributed by atoms with E-state index in [4.69, 9.17) is 5.73 Å². The van der Waals surface area contributed by atoms with Crippen LogP contribution in [0.3, 0.4) is 0 Å². The Bertz CT molecular complexity index is 713. The number of nitrogens with two attached hydrogens (primary N) is 1. The molecule has 1 heterocycles. The number of aromatic nitrogens is 2. The number of fused-ring (bicyclic) bond motifs is 1. The highest BCUT2D eigenvalue weighted by atomic mass is 15.0. The first kappa shape index (κ1) is 11.8. The van der Waals surface area contributed by atoms with Crippen LogP contribution in [0.2, 0.25) is 0 Å². The zero-order valence-electron chi connectivity index (χ0n) is 11.0. The van der Waals surface area contributed by atoms with Crippen molar-refractivity contribution in [1.29, 1.82) is 0 Å². The number of hydrogen-bond donors (Lipinski definition) is 1. The number of imidazole rings is 1. The van der Waals surface area contributed by atoms with Gasteiger partial charge < -0.3 is 10.3 Å². The standard InChI is InChI=1S/C16H17N3/c1-12-4-2-3-5-13(12)8-9-19-11-18-15-10-14(17)6-7-16(15)19/h2-7,10-11H,8-9,17H2,1H3. The van der Waals surface area contributed by atoms with Crippen molar-refractivity contribution in [1.82, 2.24) is 9.55 Å². The molecule has 2 N–H and O–H groups in total. The lowest BCUT2D eigenvalue weighted by Crippen LogP contribution is -2.01. The van der Waals surface area contributed by atoms with Gasteiger partial charge in [-0.15, -0.1) is 0 Å². The van der Waals surface area contributed by atoms with Crippen molar-refractivity contribution in [2.75, 3.05) is 5.73 Å². The summed E-state index contributed by atoms with van der Waals surface area (Å²) < 4.78 is 2.18. The first-order chi connectivity index (χ1) is 9.24. The fourth-order valence-corrected chi connectivity index (χ4v) is 2.39. The van der Waals surface area contributed by atoms with Crippen molar-refractivity contribution < 1.29 is 0 Å². The van der Waals surface area contributed by atoms with Crippen molar-refractivity contribution in [3.8, 4) is 0 Å². The maximum absolute atomic E-state index is 5.77. The highest BCUT2D eigenvalue weighted by Gasteiger charge is 2.04. The molecular formula is C16H17N3. The molecule has 0 fully saturated rings. The summed E-state index contributed by atoms with van der Waals surface area (Å²) in [5.41, 5.74) is 11.4. The van der Waals surface area contributed by atoms with E-state index in [9.17, 15) is 0 Å². The van der Waals surface area contributed by atoms with Gasteiger partial charge in [-0.3, -0.25) is 0 Å². The van der Waals surface area contributed by atoms with Gasteiger partial charge in [0.05, 0.1) is 17.4 Å². The fourth-order valence-electron chi connectivity index (χ4n) is 2.39. The Morgan fingerprint density at radius 3 is 2.84 bits per heavy atom. The van der Waals surface area contributed by atoms with Gasteiger partial charge in [0.25, 0.3) is 0 Å². The third-order valence-corrected chi connectivity index (χ3v) is 3.53. The lowest BCUT2D eigenvalue weighted by atomic mass is 10.1. The number of nitrogens with zero attached hydrogens (tertiary/aromatic N) is 2. The molecule has 3 nitrogen and oxygen atoms in total. The topological polar surface area (TPSA) is 43.8 Å². The van der Waals surface area contributed by atoms with Gasteiger partial charge in [-0.2, -0.15) is 0 Å². The van der Waals surface area contributed by atoms with Gasteiger partial charge in [0.1, 0.15) is 0 Å². The minimum Gasteiger partial charge on any atom is -0.399 e. The Morgan fingerprint density at radius 1 is 1.16 bits per heavy atom. The van der Waals surface area contributed by atoms with Gasteiger partial charge in [-0.1, -0.05) is 24.3 Å². The highest BCUT2D eigenvalue weighted by molar-refractivity contribution is 5.78. The lowest BCUT2D eigenvalue weighted by Gasteiger charge is -2.07. The zero-order chi connectivity index (χ0) is 13.2. The van der Waals surface area contributed by atoms with Gasteiger partial charge in [0.2, 0.25) is 0 Å². The molecule has 0 saturated carbocycles. The average molecular weight is 251 g/mol. The third kappa shape index (κ3) is 2.32. The van der Waals surface area contributed by atoms with Crippen LogP contribution >= 0.6 is 0 Å². The van der Waals surface area contributed by atoms with E-state index in [1.54, 1.807) is 0 Å². The summed E-state index contributed by atoms with van der Waals surface area (Å²) in [4.78, 5) is 4.40. The van der Waals surface area contributed by atoms with Crippen LogP contribution < -0.4 is 5.73 Å². The van der Waals surface area contributed by atoms with Crippen LogP contribution in [0.25, 0.3) is 11.0 Å². The molecule has 0 aliphatic heterocycles. The molecule has 2 aromatic carbocycles. The molecule has 0 amide bonds. The van der Waals surface area contributed by atoms with Gasteiger partial charge in [-0.25, -0.2) is 4.98 Å². The van der Waals surface area contributed by atoms with E-state index in [0.717, 1.165) is 29.7 Å². The Labute approximate surface area is 112 Å². The van der Waals surface area contributed by atoms with Gasteiger partial charge in [0, 0.05) is 12.2 Å². The van der Waals surface area contributed by atoms with Crippen LogP contribution in [-0.4, -0.2) is 9.55 Å². The minimum atomic E-state index is 0.761. The van der Waals surface area contributed by atoms with E-state index in [1.165, 1.54) is 11.1 Å². The van der Waals surface area contributed by atoms with Crippen LogP contribution in [-0.2, 0) is 13.0 Å². The van der Waals surface area contributed by atoms with Crippen molar-refractivity contribution >= 4 is 16.7 Å². The predicted molar refractivity (Wildman–Crippen MR) is 79.0 cm³/mol. The molecule has 0 aliphatic carbocycles. The smallest absolute Gasteiger partial charge is 0.0958 e. The average Bonchev–Trinajstić information content (AvgIpc) is 2.80. The number of aryl methyl sites for hydroxylation is 3. The summed E-state index contributed by atoms with van der Waals surface area (Å²) in [6, 6.07) is 14.4. The third-order valence-electron chi connectivity index (χ3n) is 3.53. The first-order valence-corrected chi connectivity index (χ1v) is 6.49. The first-order valence-electron chi connectivity index (χ1n) is 6.49. The minimum absolute atomic E-state index is 0.761. The van der Waals surface area contributed by atoms with Crippen LogP contribution in [0.15, 0.2) is 48.8 Å². The molecule has 0 radical (unpaired) electrons. The number of nitrogen functional groups attached to an aromatic ring is 1. The van der Waals surface area contributed by atoms with Gasteiger partial charge in [0.15, 0.2) is 0 Å². The number of benzene rings is 2. The predicted octanol–water partition coefficient (Wildman–Crippen LogP) is 3.17. The van der Waals surface area contributed by atoms with Gasteiger partial charge >= 0.3 is 0 Å². The molecule has 3 heteroatoms. The van der Waals surface area contributed by atoms with Crippen molar-refractivity contribution in [2.24, 2.45) is 0 Å². The quantitative estimate of drug-likeness (QED) is 0.727. The van der Waals surface area contributed by atoms with Crippen LogP contribution in [0.1, 0.15) is 11.1 Å². The Kier molecular flexibility index (Phi) is 2.95. The summed E-state index contributed by atoms with van der Waals surface area (Å²) in [6.07, 6.45) is 2.91. The van der Waals surface area contributed by atoms with E-state index in [2.05, 4.69) is 40.7 Å². The molecule has 0 saturated heterocycles. The molecular weight excluding hydrogens is 234 g/mol. The van der Waals surface area contributed by atoms with E-state index >= 15 is 0 Å². The molecule has 0 atom stereocenters. The Hall–Kier alpha value is -2.29. The second-order valence-corrected chi connectivity index (χ2v) is 4.86. The molecule has 96 valence electrons. The molecule has 0 aliphatic rings. The zero-order valence-corrected chi connectivity index (χ0v) is 11.0. The monoisotopic (exact) mass is 251 g/mol. The molecule has 0 spiro atoms. The summed E-state index contributed by atoms with van der Waals surface area (Å²) in [6.45, 7) is 3.09. The van der Waals surface area contributed by atoms with Crippen LogP contribution in [0.5, 0.6) is 0 Å². The van der Waals surface area contributed by atoms with Crippen LogP contribution in [0, 0.1) is 6.92 Å². The van der Waals surface area contributed by atoms with E-state index in [-0.39, 0.29) is 0 Å². The van der Waals surface area contributed by atoms with E-state index in [0.29, 0.717) is 0 Å². The van der Waals surface area contributed by atoms with Crippen molar-refractivity contribution in [3.05, 3.63) is 59.9 Å². The van der Waals surface area contributed by atoms with Gasteiger partial charge in [-0.05, 0) is 42.7 Å². The summed E-state index contributed by atoms with van der Waals surface area (Å²) in [5, 5.41) is 0. The molecule has 0 unspecified atom stereocenters. The Morgan fingerprint density at radius 2 is 2.00 bits per heavy atom. The van der Waals surface area contributed by atoms with Crippen LogP contribution in [0.4, 0.5) is 5.69 Å². The van der Waals surface area contributed by atoms with Crippen molar-refractivity contribution in [2.45, 2.75) is 19.9 Å². The van der Waals surface area contributed by atoms with E-state index < -0.39 is 0 Å². The second kappa shape index (κ2) is 4.76. The second-order valence-electron chi connectivity index (χ2n) is 4.86. The largest absolute Gasteiger partial charge is 0.399 e. The molecule has 3 rings (SSSR count). The number of hydrogen-bond acceptors (Lipinski definition) is 2. The highest BCUT2D eigenvalue weighted by Crippen LogP contribution is 2.17.